The summed E-state index contributed by atoms with van der Waals surface area (Å²) in [6.07, 6.45) is 2.14. The number of hydrogen-bond donors (Lipinski definition) is 2. The summed E-state index contributed by atoms with van der Waals surface area (Å²) < 4.78 is 5.29. The van der Waals surface area contributed by atoms with E-state index in [4.69, 9.17) is 9.84 Å². The minimum atomic E-state index is -1.00. The Hall–Kier alpha value is -1.62. The molecule has 1 aromatic rings. The van der Waals surface area contributed by atoms with E-state index in [2.05, 4.69) is 10.3 Å². The highest BCUT2D eigenvalue weighted by molar-refractivity contribution is 5.85. The molecule has 1 unspecified atom stereocenters. The number of ether oxygens (including phenoxy) is 1. The molecule has 2 N–H and O–H groups in total. The molecule has 0 aromatic carbocycles. The van der Waals surface area contributed by atoms with Crippen molar-refractivity contribution in [2.24, 2.45) is 5.92 Å². The van der Waals surface area contributed by atoms with Crippen molar-refractivity contribution in [1.29, 1.82) is 0 Å². The number of anilines is 1. The van der Waals surface area contributed by atoms with E-state index in [1.54, 1.807) is 12.1 Å². The van der Waals surface area contributed by atoms with Crippen LogP contribution in [0.2, 0.25) is 0 Å². The van der Waals surface area contributed by atoms with Crippen molar-refractivity contribution in [2.75, 3.05) is 25.1 Å². The van der Waals surface area contributed by atoms with Gasteiger partial charge in [-0.3, -0.25) is 0 Å². The fourth-order valence-corrected chi connectivity index (χ4v) is 1.87. The highest BCUT2D eigenvalue weighted by Crippen LogP contribution is 2.16. The van der Waals surface area contributed by atoms with Gasteiger partial charge in [0.2, 0.25) is 0 Å². The molecule has 0 spiro atoms. The summed E-state index contributed by atoms with van der Waals surface area (Å²) in [5, 5.41) is 11.9. The second-order valence-corrected chi connectivity index (χ2v) is 4.16. The molecule has 2 rings (SSSR count). The maximum absolute atomic E-state index is 10.7. The summed E-state index contributed by atoms with van der Waals surface area (Å²) in [4.78, 5) is 14.7. The number of aromatic carboxylic acids is 1. The Balaban J connectivity index is 1.81. The Morgan fingerprint density at radius 2 is 2.47 bits per heavy atom. The van der Waals surface area contributed by atoms with Gasteiger partial charge in [0.1, 0.15) is 5.82 Å². The van der Waals surface area contributed by atoms with E-state index < -0.39 is 5.97 Å². The first-order chi connectivity index (χ1) is 8.25. The Kier molecular flexibility index (Phi) is 3.93. The number of pyridine rings is 1. The molecule has 1 aliphatic rings. The van der Waals surface area contributed by atoms with E-state index in [0.717, 1.165) is 32.6 Å². The number of nitrogens with one attached hydrogen (secondary N) is 1. The van der Waals surface area contributed by atoms with Gasteiger partial charge in [0.05, 0.1) is 0 Å². The molecule has 92 valence electrons. The molecule has 2 heterocycles. The van der Waals surface area contributed by atoms with Gasteiger partial charge in [-0.2, -0.15) is 0 Å². The third-order valence-corrected chi connectivity index (χ3v) is 2.85. The lowest BCUT2D eigenvalue weighted by molar-refractivity contribution is 0.0690. The van der Waals surface area contributed by atoms with Crippen molar-refractivity contribution in [3.8, 4) is 0 Å². The lowest BCUT2D eigenvalue weighted by atomic mass is 10.1. The van der Waals surface area contributed by atoms with Crippen molar-refractivity contribution in [2.45, 2.75) is 12.8 Å². The van der Waals surface area contributed by atoms with Crippen LogP contribution in [-0.2, 0) is 4.74 Å². The molecule has 1 fully saturated rings. The van der Waals surface area contributed by atoms with Crippen LogP contribution in [-0.4, -0.2) is 35.8 Å². The van der Waals surface area contributed by atoms with Crippen molar-refractivity contribution in [3.05, 3.63) is 23.9 Å². The van der Waals surface area contributed by atoms with Gasteiger partial charge in [-0.05, 0) is 30.9 Å². The molecule has 0 radical (unpaired) electrons. The molecule has 17 heavy (non-hydrogen) atoms. The molecule has 5 heteroatoms. The van der Waals surface area contributed by atoms with Gasteiger partial charge in [-0.15, -0.1) is 0 Å². The zero-order chi connectivity index (χ0) is 12.1. The number of hydrogen-bond acceptors (Lipinski definition) is 4. The largest absolute Gasteiger partial charge is 0.477 e. The minimum Gasteiger partial charge on any atom is -0.477 e. The van der Waals surface area contributed by atoms with Crippen molar-refractivity contribution >= 4 is 11.8 Å². The quantitative estimate of drug-likeness (QED) is 0.812. The fraction of sp³-hybridized carbons (Fsp3) is 0.500. The van der Waals surface area contributed by atoms with Gasteiger partial charge in [0.25, 0.3) is 0 Å². The van der Waals surface area contributed by atoms with Gasteiger partial charge in [0.15, 0.2) is 5.69 Å². The highest BCUT2D eigenvalue weighted by Gasteiger charge is 2.14. The normalized spacial score (nSPS) is 19.2. The number of rotatable bonds is 5. The number of aromatic nitrogens is 1. The monoisotopic (exact) mass is 236 g/mol. The predicted octanol–water partition coefficient (Wildman–Crippen LogP) is 1.62. The number of carboxylic acids is 1. The van der Waals surface area contributed by atoms with Gasteiger partial charge >= 0.3 is 5.97 Å². The van der Waals surface area contributed by atoms with Crippen LogP contribution in [0.4, 0.5) is 5.82 Å². The summed E-state index contributed by atoms with van der Waals surface area (Å²) in [7, 11) is 0. The fourth-order valence-electron chi connectivity index (χ4n) is 1.87. The molecule has 1 atom stereocenters. The summed E-state index contributed by atoms with van der Waals surface area (Å²) in [5.41, 5.74) is 0.0687. The molecular weight excluding hydrogens is 220 g/mol. The third kappa shape index (κ3) is 3.42. The second-order valence-electron chi connectivity index (χ2n) is 4.16. The molecule has 1 saturated heterocycles. The number of carboxylic acid groups (broad SMARTS) is 1. The Morgan fingerprint density at radius 3 is 3.18 bits per heavy atom. The SMILES string of the molecule is O=C(O)c1cccc(NCCC2CCOC2)n1. The summed E-state index contributed by atoms with van der Waals surface area (Å²) in [6, 6.07) is 4.95. The van der Waals surface area contributed by atoms with Crippen molar-refractivity contribution < 1.29 is 14.6 Å². The van der Waals surface area contributed by atoms with Gasteiger partial charge in [-0.1, -0.05) is 6.07 Å². The first-order valence-corrected chi connectivity index (χ1v) is 5.77. The van der Waals surface area contributed by atoms with Crippen LogP contribution >= 0.6 is 0 Å². The molecule has 1 aliphatic heterocycles. The van der Waals surface area contributed by atoms with E-state index >= 15 is 0 Å². The van der Waals surface area contributed by atoms with Gasteiger partial charge in [0, 0.05) is 19.8 Å². The molecular formula is C12H16N2O3. The lowest BCUT2D eigenvalue weighted by Crippen LogP contribution is -2.11. The van der Waals surface area contributed by atoms with Crippen LogP contribution in [0.1, 0.15) is 23.3 Å². The topological polar surface area (TPSA) is 71.5 Å². The smallest absolute Gasteiger partial charge is 0.354 e. The van der Waals surface area contributed by atoms with Crippen LogP contribution in [0.15, 0.2) is 18.2 Å². The number of nitrogens with zero attached hydrogens (tertiary/aromatic N) is 1. The third-order valence-electron chi connectivity index (χ3n) is 2.85. The maximum Gasteiger partial charge on any atom is 0.354 e. The van der Waals surface area contributed by atoms with Crippen molar-refractivity contribution in [1.82, 2.24) is 4.98 Å². The molecule has 0 aliphatic carbocycles. The highest BCUT2D eigenvalue weighted by atomic mass is 16.5. The Labute approximate surface area is 99.8 Å². The maximum atomic E-state index is 10.7. The summed E-state index contributed by atoms with van der Waals surface area (Å²) in [6.45, 7) is 2.49. The first kappa shape index (κ1) is 11.9. The van der Waals surface area contributed by atoms with E-state index in [1.165, 1.54) is 6.07 Å². The Bertz CT molecular complexity index is 389. The first-order valence-electron chi connectivity index (χ1n) is 5.77. The van der Waals surface area contributed by atoms with Gasteiger partial charge < -0.3 is 15.2 Å². The van der Waals surface area contributed by atoms with E-state index in [0.29, 0.717) is 11.7 Å². The molecule has 5 nitrogen and oxygen atoms in total. The zero-order valence-corrected chi connectivity index (χ0v) is 9.56. The Morgan fingerprint density at radius 1 is 1.59 bits per heavy atom. The average molecular weight is 236 g/mol. The van der Waals surface area contributed by atoms with Gasteiger partial charge in [-0.25, -0.2) is 9.78 Å². The van der Waals surface area contributed by atoms with Crippen LogP contribution in [0.3, 0.4) is 0 Å². The minimum absolute atomic E-state index is 0.0687. The van der Waals surface area contributed by atoms with Crippen LogP contribution in [0, 0.1) is 5.92 Å². The summed E-state index contributed by atoms with van der Waals surface area (Å²) >= 11 is 0. The zero-order valence-electron chi connectivity index (χ0n) is 9.56. The molecule has 0 amide bonds. The lowest BCUT2D eigenvalue weighted by Gasteiger charge is -2.09. The van der Waals surface area contributed by atoms with E-state index in [9.17, 15) is 4.79 Å². The van der Waals surface area contributed by atoms with E-state index in [-0.39, 0.29) is 5.69 Å². The number of carbonyl (C=O) groups is 1. The average Bonchev–Trinajstić information content (AvgIpc) is 2.82. The predicted molar refractivity (Wildman–Crippen MR) is 63.2 cm³/mol. The van der Waals surface area contributed by atoms with Crippen LogP contribution < -0.4 is 5.32 Å². The second kappa shape index (κ2) is 5.63. The van der Waals surface area contributed by atoms with E-state index in [1.807, 2.05) is 0 Å². The molecule has 0 saturated carbocycles. The summed E-state index contributed by atoms with van der Waals surface area (Å²) in [5.74, 6) is 0.229. The van der Waals surface area contributed by atoms with Crippen molar-refractivity contribution in [3.63, 3.8) is 0 Å². The van der Waals surface area contributed by atoms with Crippen LogP contribution in [0.5, 0.6) is 0 Å². The van der Waals surface area contributed by atoms with Crippen LogP contribution in [0.25, 0.3) is 0 Å². The molecule has 0 bridgehead atoms. The molecule has 1 aromatic heterocycles. The standard InChI is InChI=1S/C12H16N2O3/c15-12(16)10-2-1-3-11(14-10)13-6-4-9-5-7-17-8-9/h1-3,9H,4-8H2,(H,13,14)(H,15,16).